The van der Waals surface area contributed by atoms with Gasteiger partial charge in [-0.15, -0.1) is 0 Å². The second kappa shape index (κ2) is 3.30. The summed E-state index contributed by atoms with van der Waals surface area (Å²) in [5.74, 6) is 0. The molecule has 14 heavy (non-hydrogen) atoms. The normalized spacial score (nSPS) is 10.8. The van der Waals surface area contributed by atoms with E-state index in [1.54, 1.807) is 6.07 Å². The zero-order chi connectivity index (χ0) is 10.3. The highest BCUT2D eigenvalue weighted by molar-refractivity contribution is 6.38. The average molecular weight is 227 g/mol. The number of nitrogens with two attached hydrogens (primary N) is 1. The molecule has 0 aliphatic rings. The number of nitrogen functional groups attached to an aromatic ring is 1. The third-order valence-corrected chi connectivity index (χ3v) is 2.94. The molecule has 0 aliphatic heterocycles. The van der Waals surface area contributed by atoms with Crippen LogP contribution in [-0.2, 0) is 0 Å². The van der Waals surface area contributed by atoms with E-state index >= 15 is 0 Å². The number of pyridine rings is 1. The molecule has 72 valence electrons. The SMILES string of the molecule is Cc1cc2c(Cl)c(N)cnc2cc1Cl. The van der Waals surface area contributed by atoms with Gasteiger partial charge in [-0.05, 0) is 24.6 Å². The van der Waals surface area contributed by atoms with Gasteiger partial charge in [0.2, 0.25) is 0 Å². The van der Waals surface area contributed by atoms with Gasteiger partial charge < -0.3 is 5.73 Å². The van der Waals surface area contributed by atoms with E-state index in [2.05, 4.69) is 4.98 Å². The lowest BCUT2D eigenvalue weighted by Crippen LogP contribution is -1.90. The van der Waals surface area contributed by atoms with Crippen molar-refractivity contribution in [3.05, 3.63) is 33.9 Å². The van der Waals surface area contributed by atoms with Crippen LogP contribution in [0.5, 0.6) is 0 Å². The molecule has 0 radical (unpaired) electrons. The van der Waals surface area contributed by atoms with Crippen molar-refractivity contribution in [2.45, 2.75) is 6.92 Å². The fraction of sp³-hybridized carbons (Fsp3) is 0.100. The van der Waals surface area contributed by atoms with Crippen LogP contribution in [0.4, 0.5) is 5.69 Å². The number of hydrogen-bond donors (Lipinski definition) is 1. The number of benzene rings is 1. The highest BCUT2D eigenvalue weighted by atomic mass is 35.5. The molecule has 0 atom stereocenters. The summed E-state index contributed by atoms with van der Waals surface area (Å²) in [5.41, 5.74) is 7.86. The van der Waals surface area contributed by atoms with Crippen LogP contribution in [-0.4, -0.2) is 4.98 Å². The Morgan fingerprint density at radius 3 is 2.71 bits per heavy atom. The van der Waals surface area contributed by atoms with Gasteiger partial charge in [0, 0.05) is 10.4 Å². The quantitative estimate of drug-likeness (QED) is 0.748. The maximum Gasteiger partial charge on any atom is 0.0745 e. The summed E-state index contributed by atoms with van der Waals surface area (Å²) in [6, 6.07) is 3.68. The van der Waals surface area contributed by atoms with Gasteiger partial charge >= 0.3 is 0 Å². The Hall–Kier alpha value is -0.990. The lowest BCUT2D eigenvalue weighted by Gasteiger charge is -2.05. The Labute approximate surface area is 91.6 Å². The van der Waals surface area contributed by atoms with Crippen LogP contribution in [0.15, 0.2) is 18.3 Å². The van der Waals surface area contributed by atoms with Crippen molar-refractivity contribution in [3.63, 3.8) is 0 Å². The Morgan fingerprint density at radius 2 is 2.00 bits per heavy atom. The van der Waals surface area contributed by atoms with Crippen molar-refractivity contribution in [1.82, 2.24) is 4.98 Å². The van der Waals surface area contributed by atoms with Gasteiger partial charge in [-0.2, -0.15) is 0 Å². The van der Waals surface area contributed by atoms with Crippen LogP contribution in [0.25, 0.3) is 10.9 Å². The molecule has 0 saturated carbocycles. The first-order chi connectivity index (χ1) is 6.59. The molecule has 1 aromatic carbocycles. The zero-order valence-electron chi connectivity index (χ0n) is 7.51. The average Bonchev–Trinajstić information content (AvgIpc) is 2.15. The monoisotopic (exact) mass is 226 g/mol. The predicted molar refractivity (Wildman–Crippen MR) is 60.9 cm³/mol. The summed E-state index contributed by atoms with van der Waals surface area (Å²) in [6.07, 6.45) is 1.54. The number of anilines is 1. The van der Waals surface area contributed by atoms with Crippen LogP contribution >= 0.6 is 23.2 Å². The Balaban J connectivity index is 2.89. The maximum absolute atomic E-state index is 6.04. The van der Waals surface area contributed by atoms with E-state index in [4.69, 9.17) is 28.9 Å². The van der Waals surface area contributed by atoms with Crippen molar-refractivity contribution in [2.75, 3.05) is 5.73 Å². The Kier molecular flexibility index (Phi) is 2.25. The topological polar surface area (TPSA) is 38.9 Å². The molecule has 0 amide bonds. The first-order valence-corrected chi connectivity index (χ1v) is 4.85. The largest absolute Gasteiger partial charge is 0.396 e. The first kappa shape index (κ1) is 9.56. The number of aromatic nitrogens is 1. The number of nitrogens with zero attached hydrogens (tertiary/aromatic N) is 1. The summed E-state index contributed by atoms with van der Waals surface area (Å²) in [6.45, 7) is 1.92. The summed E-state index contributed by atoms with van der Waals surface area (Å²) in [7, 11) is 0. The first-order valence-electron chi connectivity index (χ1n) is 4.09. The molecule has 0 fully saturated rings. The van der Waals surface area contributed by atoms with Crippen LogP contribution in [0, 0.1) is 6.92 Å². The smallest absolute Gasteiger partial charge is 0.0745 e. The molecule has 2 nitrogen and oxygen atoms in total. The van der Waals surface area contributed by atoms with Crippen molar-refractivity contribution in [2.24, 2.45) is 0 Å². The van der Waals surface area contributed by atoms with Crippen molar-refractivity contribution < 1.29 is 0 Å². The third-order valence-electron chi connectivity index (χ3n) is 2.11. The molecule has 0 spiro atoms. The molecule has 1 heterocycles. The molecule has 4 heteroatoms. The zero-order valence-corrected chi connectivity index (χ0v) is 9.02. The minimum atomic E-state index is 0.487. The van der Waals surface area contributed by atoms with Crippen LogP contribution in [0.2, 0.25) is 10.0 Å². The van der Waals surface area contributed by atoms with E-state index in [1.807, 2.05) is 13.0 Å². The number of aryl methyl sites for hydroxylation is 1. The van der Waals surface area contributed by atoms with E-state index in [0.717, 1.165) is 16.5 Å². The van der Waals surface area contributed by atoms with E-state index in [1.165, 1.54) is 6.20 Å². The Bertz CT molecular complexity index is 509. The minimum Gasteiger partial charge on any atom is -0.396 e. The van der Waals surface area contributed by atoms with Crippen LogP contribution < -0.4 is 5.73 Å². The van der Waals surface area contributed by atoms with Gasteiger partial charge in [-0.3, -0.25) is 4.98 Å². The maximum atomic E-state index is 6.04. The molecule has 2 N–H and O–H groups in total. The molecule has 2 rings (SSSR count). The lowest BCUT2D eigenvalue weighted by molar-refractivity contribution is 1.39. The van der Waals surface area contributed by atoms with E-state index in [-0.39, 0.29) is 0 Å². The van der Waals surface area contributed by atoms with Gasteiger partial charge in [0.25, 0.3) is 0 Å². The summed E-state index contributed by atoms with van der Waals surface area (Å²) < 4.78 is 0. The van der Waals surface area contributed by atoms with Gasteiger partial charge in [0.15, 0.2) is 0 Å². The summed E-state index contributed by atoms with van der Waals surface area (Å²) >= 11 is 12.0. The lowest BCUT2D eigenvalue weighted by atomic mass is 10.1. The van der Waals surface area contributed by atoms with Gasteiger partial charge in [0.05, 0.1) is 22.4 Å². The number of hydrogen-bond acceptors (Lipinski definition) is 2. The van der Waals surface area contributed by atoms with Gasteiger partial charge in [-0.1, -0.05) is 23.2 Å². The van der Waals surface area contributed by atoms with Crippen LogP contribution in [0.3, 0.4) is 0 Å². The standard InChI is InChI=1S/C10H8Cl2N2/c1-5-2-6-9(3-7(5)11)14-4-8(13)10(6)12/h2-4H,13H2,1H3. The van der Waals surface area contributed by atoms with Crippen molar-refractivity contribution in [1.29, 1.82) is 0 Å². The molecule has 0 saturated heterocycles. The minimum absolute atomic E-state index is 0.487. The summed E-state index contributed by atoms with van der Waals surface area (Å²) in [5, 5.41) is 2.06. The van der Waals surface area contributed by atoms with Crippen molar-refractivity contribution >= 4 is 39.8 Å². The summed E-state index contributed by atoms with van der Waals surface area (Å²) in [4.78, 5) is 4.15. The van der Waals surface area contributed by atoms with E-state index < -0.39 is 0 Å². The molecule has 0 unspecified atom stereocenters. The second-order valence-corrected chi connectivity index (χ2v) is 3.93. The fourth-order valence-corrected chi connectivity index (χ4v) is 1.66. The fourth-order valence-electron chi connectivity index (χ4n) is 1.30. The van der Waals surface area contributed by atoms with Crippen LogP contribution in [0.1, 0.15) is 5.56 Å². The molecule has 2 aromatic rings. The van der Waals surface area contributed by atoms with E-state index in [0.29, 0.717) is 15.7 Å². The van der Waals surface area contributed by atoms with E-state index in [9.17, 15) is 0 Å². The number of rotatable bonds is 0. The van der Waals surface area contributed by atoms with Crippen molar-refractivity contribution in [3.8, 4) is 0 Å². The molecule has 0 aliphatic carbocycles. The van der Waals surface area contributed by atoms with Gasteiger partial charge in [-0.25, -0.2) is 0 Å². The molecule has 1 aromatic heterocycles. The number of halogens is 2. The van der Waals surface area contributed by atoms with Gasteiger partial charge in [0.1, 0.15) is 0 Å². The molecule has 0 bridgehead atoms. The highest BCUT2D eigenvalue weighted by Gasteiger charge is 2.06. The third kappa shape index (κ3) is 1.41. The predicted octanol–water partition coefficient (Wildman–Crippen LogP) is 3.43. The molecular weight excluding hydrogens is 219 g/mol. The second-order valence-electron chi connectivity index (χ2n) is 3.15. The Morgan fingerprint density at radius 1 is 1.29 bits per heavy atom. The molecular formula is C10H8Cl2N2. The number of fused-ring (bicyclic) bond motifs is 1. The highest BCUT2D eigenvalue weighted by Crippen LogP contribution is 2.30.